The number of benzene rings is 1. The van der Waals surface area contributed by atoms with E-state index in [2.05, 4.69) is 41.2 Å². The van der Waals surface area contributed by atoms with Gasteiger partial charge in [-0.3, -0.25) is 14.4 Å². The predicted octanol–water partition coefficient (Wildman–Crippen LogP) is -1.96. The summed E-state index contributed by atoms with van der Waals surface area (Å²) in [5.74, 6) is -3.91. The Labute approximate surface area is 196 Å². The number of aliphatic carboxylic acids is 1. The van der Waals surface area contributed by atoms with Gasteiger partial charge in [0.05, 0.1) is 6.10 Å². The third-order valence-corrected chi connectivity index (χ3v) is 5.17. The maximum atomic E-state index is 12.9. The molecule has 0 aliphatic carbocycles. The number of phenols is 1. The lowest BCUT2D eigenvalue weighted by atomic mass is 10.0. The van der Waals surface area contributed by atoms with Gasteiger partial charge in [0.25, 0.3) is 0 Å². The van der Waals surface area contributed by atoms with Crippen molar-refractivity contribution in [1.82, 2.24) is 16.0 Å². The highest BCUT2D eigenvalue weighted by Crippen LogP contribution is 2.12. The molecule has 1 aromatic rings. The molecule has 0 aromatic heterocycles. The Hall–Kier alpha value is -2.48. The van der Waals surface area contributed by atoms with Crippen molar-refractivity contribution in [3.8, 4) is 5.75 Å². The average molecular weight is 489 g/mol. The van der Waals surface area contributed by atoms with E-state index in [0.717, 1.165) is 0 Å². The fourth-order valence-corrected chi connectivity index (χ4v) is 2.99. The van der Waals surface area contributed by atoms with Crippen molar-refractivity contribution in [2.24, 2.45) is 5.73 Å². The zero-order valence-electron chi connectivity index (χ0n) is 17.3. The smallest absolute Gasteiger partial charge is 0.327 e. The van der Waals surface area contributed by atoms with Gasteiger partial charge in [-0.15, -0.1) is 0 Å². The molecule has 8 N–H and O–H groups in total. The van der Waals surface area contributed by atoms with Crippen LogP contribution in [0.4, 0.5) is 0 Å². The highest BCUT2D eigenvalue weighted by atomic mass is 32.1. The number of aliphatic hydroxyl groups is 1. The van der Waals surface area contributed by atoms with Crippen molar-refractivity contribution in [2.45, 2.75) is 43.6 Å². The monoisotopic (exact) mass is 488 g/mol. The van der Waals surface area contributed by atoms with Crippen LogP contribution in [0.5, 0.6) is 5.75 Å². The van der Waals surface area contributed by atoms with E-state index in [9.17, 15) is 29.4 Å². The Morgan fingerprint density at radius 3 is 1.84 bits per heavy atom. The van der Waals surface area contributed by atoms with Gasteiger partial charge in [0.2, 0.25) is 17.7 Å². The summed E-state index contributed by atoms with van der Waals surface area (Å²) in [7, 11) is 0. The van der Waals surface area contributed by atoms with E-state index in [1.165, 1.54) is 19.1 Å². The minimum absolute atomic E-state index is 0.0129. The summed E-state index contributed by atoms with van der Waals surface area (Å²) >= 11 is 7.90. The molecule has 13 heteroatoms. The molecule has 0 spiro atoms. The normalized spacial score (nSPS) is 15.5. The van der Waals surface area contributed by atoms with Crippen molar-refractivity contribution < 1.29 is 34.5 Å². The summed E-state index contributed by atoms with van der Waals surface area (Å²) in [5.41, 5.74) is 6.21. The summed E-state index contributed by atoms with van der Waals surface area (Å²) in [4.78, 5) is 48.7. The maximum Gasteiger partial charge on any atom is 0.327 e. The quantitative estimate of drug-likeness (QED) is 0.151. The molecule has 0 fully saturated rings. The number of aromatic hydroxyl groups is 1. The lowest BCUT2D eigenvalue weighted by Crippen LogP contribution is -2.59. The molecule has 0 saturated carbocycles. The third-order valence-electron chi connectivity index (χ3n) is 4.44. The van der Waals surface area contributed by atoms with Gasteiger partial charge in [0.15, 0.2) is 0 Å². The lowest BCUT2D eigenvalue weighted by Gasteiger charge is -2.25. The Kier molecular flexibility index (Phi) is 11.3. The zero-order chi connectivity index (χ0) is 24.4. The molecule has 0 heterocycles. The molecular weight excluding hydrogens is 460 g/mol. The minimum atomic E-state index is -1.29. The molecule has 0 bridgehead atoms. The van der Waals surface area contributed by atoms with Crippen LogP contribution in [0.3, 0.4) is 0 Å². The van der Waals surface area contributed by atoms with Gasteiger partial charge in [-0.05, 0) is 24.6 Å². The van der Waals surface area contributed by atoms with Crippen LogP contribution >= 0.6 is 25.3 Å². The Bertz CT molecular complexity index is 807. The molecular formula is C19H28N4O7S2. The van der Waals surface area contributed by atoms with Crippen LogP contribution in [0.15, 0.2) is 24.3 Å². The van der Waals surface area contributed by atoms with Crippen LogP contribution < -0.4 is 21.7 Å². The molecule has 11 nitrogen and oxygen atoms in total. The summed E-state index contributed by atoms with van der Waals surface area (Å²) in [6, 6.07) is 0.960. The van der Waals surface area contributed by atoms with Crippen LogP contribution in [0, 0.1) is 0 Å². The number of thiol groups is 2. The number of nitrogens with two attached hydrogens (primary N) is 1. The Morgan fingerprint density at radius 2 is 1.38 bits per heavy atom. The zero-order valence-corrected chi connectivity index (χ0v) is 19.1. The minimum Gasteiger partial charge on any atom is -0.508 e. The number of carboxylic acid groups (broad SMARTS) is 1. The van der Waals surface area contributed by atoms with Crippen molar-refractivity contribution in [3.63, 3.8) is 0 Å². The predicted molar refractivity (Wildman–Crippen MR) is 123 cm³/mol. The number of nitrogens with one attached hydrogen (secondary N) is 3. The van der Waals surface area contributed by atoms with E-state index < -0.39 is 54.0 Å². The second kappa shape index (κ2) is 13.2. The fraction of sp³-hybridized carbons (Fsp3) is 0.474. The number of carbonyl (C=O) groups is 4. The molecule has 178 valence electrons. The number of carboxylic acids is 1. The molecule has 0 aliphatic heterocycles. The second-order valence-corrected chi connectivity index (χ2v) is 7.75. The van der Waals surface area contributed by atoms with Crippen LogP contribution in [0.2, 0.25) is 0 Å². The number of hydrogen-bond acceptors (Lipinski definition) is 9. The van der Waals surface area contributed by atoms with E-state index in [1.54, 1.807) is 12.1 Å². The standard InChI is InChI=1S/C19H28N4O7S2/c1-9(24)15(20)18(28)21-12(6-10-2-4-11(25)5-3-10)16(26)22-13(7-31)17(27)23-14(8-32)19(29)30/h2-5,9,12-15,24-25,31-32H,6-8,20H2,1H3,(H,21,28)(H,22,26)(H,23,27)(H,29,30). The van der Waals surface area contributed by atoms with Crippen molar-refractivity contribution in [3.05, 3.63) is 29.8 Å². The van der Waals surface area contributed by atoms with Gasteiger partial charge in [0, 0.05) is 17.9 Å². The Balaban J connectivity index is 3.00. The van der Waals surface area contributed by atoms with E-state index in [-0.39, 0.29) is 23.7 Å². The number of hydrogen-bond donors (Lipinski definition) is 9. The van der Waals surface area contributed by atoms with Crippen LogP contribution in [0.25, 0.3) is 0 Å². The van der Waals surface area contributed by atoms with Gasteiger partial charge in [0.1, 0.15) is 29.9 Å². The molecule has 5 unspecified atom stereocenters. The third kappa shape index (κ3) is 8.57. The van der Waals surface area contributed by atoms with Crippen LogP contribution in [-0.4, -0.2) is 80.8 Å². The van der Waals surface area contributed by atoms with E-state index >= 15 is 0 Å². The summed E-state index contributed by atoms with van der Waals surface area (Å²) in [5, 5.41) is 35.1. The molecule has 1 aromatic carbocycles. The van der Waals surface area contributed by atoms with Gasteiger partial charge >= 0.3 is 5.97 Å². The lowest BCUT2D eigenvalue weighted by molar-refractivity contribution is -0.141. The second-order valence-electron chi connectivity index (χ2n) is 7.02. The number of aliphatic hydroxyl groups excluding tert-OH is 1. The molecule has 0 radical (unpaired) electrons. The number of rotatable bonds is 12. The first kappa shape index (κ1) is 27.6. The average Bonchev–Trinajstić information content (AvgIpc) is 2.75. The molecule has 5 atom stereocenters. The van der Waals surface area contributed by atoms with Gasteiger partial charge < -0.3 is 37.0 Å². The first-order chi connectivity index (χ1) is 15.0. The number of phenolic OH excluding ortho intramolecular Hbond substituents is 1. The first-order valence-electron chi connectivity index (χ1n) is 9.57. The molecule has 1 rings (SSSR count). The largest absolute Gasteiger partial charge is 0.508 e. The van der Waals surface area contributed by atoms with Gasteiger partial charge in [-0.25, -0.2) is 4.79 Å². The first-order valence-corrected chi connectivity index (χ1v) is 10.8. The SMILES string of the molecule is CC(O)C(N)C(=O)NC(Cc1ccc(O)cc1)C(=O)NC(CS)C(=O)NC(CS)C(=O)O. The van der Waals surface area contributed by atoms with E-state index in [0.29, 0.717) is 5.56 Å². The fourth-order valence-electron chi connectivity index (χ4n) is 2.49. The Morgan fingerprint density at radius 1 is 0.906 bits per heavy atom. The van der Waals surface area contributed by atoms with Gasteiger partial charge in [-0.2, -0.15) is 25.3 Å². The summed E-state index contributed by atoms with van der Waals surface area (Å²) in [6.07, 6.45) is -1.18. The maximum absolute atomic E-state index is 12.9. The van der Waals surface area contributed by atoms with E-state index in [1.807, 2.05) is 0 Å². The highest BCUT2D eigenvalue weighted by Gasteiger charge is 2.30. The number of amides is 3. The van der Waals surface area contributed by atoms with Crippen molar-refractivity contribution >= 4 is 48.9 Å². The summed E-state index contributed by atoms with van der Waals surface area (Å²) < 4.78 is 0. The summed E-state index contributed by atoms with van der Waals surface area (Å²) in [6.45, 7) is 1.32. The molecule has 0 aliphatic rings. The molecule has 32 heavy (non-hydrogen) atoms. The number of carbonyl (C=O) groups excluding carboxylic acids is 3. The van der Waals surface area contributed by atoms with Crippen LogP contribution in [-0.2, 0) is 25.6 Å². The van der Waals surface area contributed by atoms with Crippen molar-refractivity contribution in [2.75, 3.05) is 11.5 Å². The van der Waals surface area contributed by atoms with E-state index in [4.69, 9.17) is 10.8 Å². The van der Waals surface area contributed by atoms with Gasteiger partial charge in [-0.1, -0.05) is 12.1 Å². The van der Waals surface area contributed by atoms with Crippen molar-refractivity contribution in [1.29, 1.82) is 0 Å². The molecule has 0 saturated heterocycles. The topological polar surface area (TPSA) is 191 Å². The molecule has 3 amide bonds. The highest BCUT2D eigenvalue weighted by molar-refractivity contribution is 7.80. The van der Waals surface area contributed by atoms with Crippen LogP contribution in [0.1, 0.15) is 12.5 Å².